The molecule has 0 aliphatic heterocycles. The van der Waals surface area contributed by atoms with Crippen LogP contribution in [0.25, 0.3) is 0 Å². The molecule has 0 spiro atoms. The zero-order valence-electron chi connectivity index (χ0n) is 10.4. The highest BCUT2D eigenvalue weighted by atomic mass is 15.1. The van der Waals surface area contributed by atoms with E-state index in [9.17, 15) is 0 Å². The molecular weight excluding hydrogens is 186 g/mol. The van der Waals surface area contributed by atoms with Crippen molar-refractivity contribution in [3.63, 3.8) is 0 Å². The van der Waals surface area contributed by atoms with Crippen molar-refractivity contribution in [1.29, 1.82) is 0 Å². The Hall–Kier alpha value is -0.830. The maximum atomic E-state index is 4.30. The molecule has 1 heterocycles. The normalized spacial score (nSPS) is 13.1. The average molecular weight is 209 g/mol. The zero-order chi connectivity index (χ0) is 11.3. The van der Waals surface area contributed by atoms with E-state index in [0.717, 1.165) is 18.8 Å². The molecule has 0 bridgehead atoms. The maximum absolute atomic E-state index is 4.30. The second-order valence-electron chi connectivity index (χ2n) is 4.28. The lowest BCUT2D eigenvalue weighted by molar-refractivity contribution is 0.466. The first-order valence-electron chi connectivity index (χ1n) is 5.86. The first-order valence-corrected chi connectivity index (χ1v) is 5.86. The van der Waals surface area contributed by atoms with Gasteiger partial charge in [-0.25, -0.2) is 4.98 Å². The molecule has 0 saturated carbocycles. The molecule has 0 radical (unpaired) electrons. The fourth-order valence-corrected chi connectivity index (χ4v) is 1.61. The third kappa shape index (κ3) is 3.67. The fraction of sp³-hybridized carbons (Fsp3) is 0.750. The number of nitrogens with one attached hydrogen (secondary N) is 1. The maximum Gasteiger partial charge on any atom is 0.0951 e. The van der Waals surface area contributed by atoms with Gasteiger partial charge in [-0.3, -0.25) is 0 Å². The summed E-state index contributed by atoms with van der Waals surface area (Å²) in [6.07, 6.45) is 4.44. The molecule has 0 aromatic carbocycles. The van der Waals surface area contributed by atoms with Gasteiger partial charge in [0.1, 0.15) is 0 Å². The lowest BCUT2D eigenvalue weighted by Crippen LogP contribution is -2.31. The van der Waals surface area contributed by atoms with Crippen molar-refractivity contribution in [2.45, 2.75) is 53.1 Å². The van der Waals surface area contributed by atoms with Crippen molar-refractivity contribution < 1.29 is 0 Å². The number of aromatic nitrogens is 2. The van der Waals surface area contributed by atoms with Crippen LogP contribution in [-0.2, 0) is 6.54 Å². The number of aryl methyl sites for hydroxylation is 1. The van der Waals surface area contributed by atoms with Crippen LogP contribution in [-0.4, -0.2) is 22.1 Å². The van der Waals surface area contributed by atoms with E-state index in [2.05, 4.69) is 42.6 Å². The number of imidazole rings is 1. The summed E-state index contributed by atoms with van der Waals surface area (Å²) < 4.78 is 2.22. The summed E-state index contributed by atoms with van der Waals surface area (Å²) in [5.74, 6) is 0. The molecule has 3 heteroatoms. The quantitative estimate of drug-likeness (QED) is 0.728. The van der Waals surface area contributed by atoms with E-state index in [-0.39, 0.29) is 0 Å². The van der Waals surface area contributed by atoms with Crippen molar-refractivity contribution in [3.8, 4) is 0 Å². The van der Waals surface area contributed by atoms with E-state index in [1.54, 1.807) is 0 Å². The van der Waals surface area contributed by atoms with Gasteiger partial charge in [-0.15, -0.1) is 0 Å². The number of hydrogen-bond donors (Lipinski definition) is 1. The number of rotatable bonds is 6. The SMILES string of the molecule is CCCCNC(C)Cn1cnc(C)c1C. The van der Waals surface area contributed by atoms with Crippen molar-refractivity contribution in [2.75, 3.05) is 6.54 Å². The van der Waals surface area contributed by atoms with Crippen molar-refractivity contribution in [1.82, 2.24) is 14.9 Å². The van der Waals surface area contributed by atoms with Crippen LogP contribution in [0.4, 0.5) is 0 Å². The topological polar surface area (TPSA) is 29.9 Å². The molecule has 0 aliphatic carbocycles. The Balaban J connectivity index is 2.37. The van der Waals surface area contributed by atoms with Crippen LogP contribution < -0.4 is 5.32 Å². The van der Waals surface area contributed by atoms with Crippen LogP contribution in [0.15, 0.2) is 6.33 Å². The zero-order valence-corrected chi connectivity index (χ0v) is 10.4. The molecule has 0 fully saturated rings. The molecule has 1 rings (SSSR count). The lowest BCUT2D eigenvalue weighted by atomic mass is 10.3. The summed E-state index contributed by atoms with van der Waals surface area (Å²) in [6.45, 7) is 10.8. The van der Waals surface area contributed by atoms with Crippen LogP contribution >= 0.6 is 0 Å². The molecule has 0 saturated heterocycles. The van der Waals surface area contributed by atoms with Gasteiger partial charge in [-0.1, -0.05) is 13.3 Å². The van der Waals surface area contributed by atoms with Crippen molar-refractivity contribution >= 4 is 0 Å². The van der Waals surface area contributed by atoms with Gasteiger partial charge in [0.05, 0.1) is 12.0 Å². The van der Waals surface area contributed by atoms with Gasteiger partial charge in [-0.2, -0.15) is 0 Å². The minimum Gasteiger partial charge on any atom is -0.333 e. The molecule has 3 nitrogen and oxygen atoms in total. The van der Waals surface area contributed by atoms with Crippen LogP contribution in [0.3, 0.4) is 0 Å². The van der Waals surface area contributed by atoms with E-state index >= 15 is 0 Å². The summed E-state index contributed by atoms with van der Waals surface area (Å²) in [4.78, 5) is 4.30. The van der Waals surface area contributed by atoms with Gasteiger partial charge in [-0.05, 0) is 33.7 Å². The Morgan fingerprint density at radius 1 is 1.47 bits per heavy atom. The Labute approximate surface area is 92.9 Å². The van der Waals surface area contributed by atoms with E-state index in [1.807, 2.05) is 6.33 Å². The third-order valence-electron chi connectivity index (χ3n) is 2.84. The summed E-state index contributed by atoms with van der Waals surface area (Å²) in [7, 11) is 0. The highest BCUT2D eigenvalue weighted by molar-refractivity contribution is 5.08. The first kappa shape index (κ1) is 12.2. The van der Waals surface area contributed by atoms with Crippen LogP contribution in [0.5, 0.6) is 0 Å². The molecule has 1 aromatic heterocycles. The van der Waals surface area contributed by atoms with Gasteiger partial charge in [0, 0.05) is 18.3 Å². The monoisotopic (exact) mass is 209 g/mol. The lowest BCUT2D eigenvalue weighted by Gasteiger charge is -2.15. The number of unbranched alkanes of at least 4 members (excludes halogenated alkanes) is 1. The van der Waals surface area contributed by atoms with Crippen LogP contribution in [0.1, 0.15) is 38.1 Å². The number of hydrogen-bond acceptors (Lipinski definition) is 2. The molecule has 1 unspecified atom stereocenters. The fourth-order valence-electron chi connectivity index (χ4n) is 1.61. The molecule has 0 aliphatic rings. The van der Waals surface area contributed by atoms with E-state index in [4.69, 9.17) is 0 Å². The summed E-state index contributed by atoms with van der Waals surface area (Å²) in [5.41, 5.74) is 2.41. The summed E-state index contributed by atoms with van der Waals surface area (Å²) in [5, 5.41) is 3.52. The van der Waals surface area contributed by atoms with Crippen molar-refractivity contribution in [2.24, 2.45) is 0 Å². The summed E-state index contributed by atoms with van der Waals surface area (Å²) in [6, 6.07) is 0.517. The van der Waals surface area contributed by atoms with Gasteiger partial charge in [0.25, 0.3) is 0 Å². The van der Waals surface area contributed by atoms with Crippen LogP contribution in [0, 0.1) is 13.8 Å². The first-order chi connectivity index (χ1) is 7.15. The van der Waals surface area contributed by atoms with Crippen LogP contribution in [0.2, 0.25) is 0 Å². The molecule has 86 valence electrons. The largest absolute Gasteiger partial charge is 0.333 e. The van der Waals surface area contributed by atoms with Gasteiger partial charge in [0.15, 0.2) is 0 Å². The Morgan fingerprint density at radius 3 is 2.73 bits per heavy atom. The molecule has 15 heavy (non-hydrogen) atoms. The smallest absolute Gasteiger partial charge is 0.0951 e. The Morgan fingerprint density at radius 2 is 2.20 bits per heavy atom. The predicted octanol–water partition coefficient (Wildman–Crippen LogP) is 2.28. The average Bonchev–Trinajstić information content (AvgIpc) is 2.50. The molecule has 0 amide bonds. The van der Waals surface area contributed by atoms with Gasteiger partial charge >= 0.3 is 0 Å². The minimum atomic E-state index is 0.517. The van der Waals surface area contributed by atoms with E-state index in [0.29, 0.717) is 6.04 Å². The second-order valence-corrected chi connectivity index (χ2v) is 4.28. The Kier molecular flexibility index (Phi) is 4.82. The highest BCUT2D eigenvalue weighted by Crippen LogP contribution is 2.05. The van der Waals surface area contributed by atoms with E-state index < -0.39 is 0 Å². The van der Waals surface area contributed by atoms with Gasteiger partial charge in [0.2, 0.25) is 0 Å². The Bertz CT molecular complexity index is 291. The minimum absolute atomic E-state index is 0.517. The molecule has 1 aromatic rings. The molecule has 1 atom stereocenters. The predicted molar refractivity (Wildman–Crippen MR) is 64.1 cm³/mol. The van der Waals surface area contributed by atoms with Crippen molar-refractivity contribution in [3.05, 3.63) is 17.7 Å². The second kappa shape index (κ2) is 5.91. The third-order valence-corrected chi connectivity index (χ3v) is 2.84. The standard InChI is InChI=1S/C12H23N3/c1-5-6-7-13-10(2)8-15-9-14-11(3)12(15)4/h9-10,13H,5-8H2,1-4H3. The molecular formula is C12H23N3. The van der Waals surface area contributed by atoms with E-state index in [1.165, 1.54) is 18.5 Å². The highest BCUT2D eigenvalue weighted by Gasteiger charge is 2.05. The molecule has 1 N–H and O–H groups in total. The summed E-state index contributed by atoms with van der Waals surface area (Å²) >= 11 is 0. The number of nitrogens with zero attached hydrogens (tertiary/aromatic N) is 2. The van der Waals surface area contributed by atoms with Gasteiger partial charge < -0.3 is 9.88 Å².